The van der Waals surface area contributed by atoms with Gasteiger partial charge >= 0.3 is 18.5 Å². The minimum Gasteiger partial charge on any atom is -0.496 e. The third-order valence-electron chi connectivity index (χ3n) is 7.26. The number of nitrogens with one attached hydrogen (secondary N) is 1. The average molecular weight is 571 g/mol. The predicted octanol–water partition coefficient (Wildman–Crippen LogP) is 7.02. The van der Waals surface area contributed by atoms with Crippen LogP contribution in [0.5, 0.6) is 17.5 Å². The van der Waals surface area contributed by atoms with Crippen molar-refractivity contribution in [1.29, 1.82) is 0 Å². The molecule has 0 amide bonds. The first kappa shape index (κ1) is 28.1. The average Bonchev–Trinajstić information content (AvgIpc) is 3.20. The van der Waals surface area contributed by atoms with Crippen molar-refractivity contribution in [2.75, 3.05) is 12.4 Å². The van der Waals surface area contributed by atoms with Gasteiger partial charge in [-0.15, -0.1) is 13.2 Å². The number of hydrogen-bond donors (Lipinski definition) is 2. The van der Waals surface area contributed by atoms with E-state index in [0.29, 0.717) is 28.3 Å². The smallest absolute Gasteiger partial charge is 0.496 e. The molecule has 1 atom stereocenters. The summed E-state index contributed by atoms with van der Waals surface area (Å²) in [4.78, 5) is 20.1. The van der Waals surface area contributed by atoms with Crippen molar-refractivity contribution in [1.82, 2.24) is 14.5 Å². The van der Waals surface area contributed by atoms with Crippen molar-refractivity contribution in [3.63, 3.8) is 0 Å². The van der Waals surface area contributed by atoms with Crippen LogP contribution in [0.4, 0.5) is 23.8 Å². The van der Waals surface area contributed by atoms with Crippen LogP contribution in [0.3, 0.4) is 0 Å². The van der Waals surface area contributed by atoms with E-state index in [0.717, 1.165) is 36.1 Å². The Hall–Kier alpha value is -4.48. The molecule has 41 heavy (non-hydrogen) atoms. The zero-order chi connectivity index (χ0) is 29.3. The summed E-state index contributed by atoms with van der Waals surface area (Å²) in [5.74, 6) is 0.628. The Morgan fingerprint density at radius 3 is 2.59 bits per heavy atom. The van der Waals surface area contributed by atoms with Crippen molar-refractivity contribution >= 4 is 23.0 Å². The molecule has 0 saturated heterocycles. The summed E-state index contributed by atoms with van der Waals surface area (Å²) in [5, 5.41) is 12.7. The van der Waals surface area contributed by atoms with Crippen molar-refractivity contribution in [3.05, 3.63) is 59.7 Å². The van der Waals surface area contributed by atoms with Crippen LogP contribution in [0.15, 0.2) is 48.5 Å². The first-order chi connectivity index (χ1) is 19.5. The first-order valence-electron chi connectivity index (χ1n) is 13.1. The first-order valence-corrected chi connectivity index (χ1v) is 13.1. The molecule has 1 fully saturated rings. The summed E-state index contributed by atoms with van der Waals surface area (Å²) in [5.41, 5.74) is 4.22. The molecule has 12 heteroatoms. The maximum absolute atomic E-state index is 12.8. The molecule has 216 valence electrons. The van der Waals surface area contributed by atoms with Gasteiger partial charge in [-0.1, -0.05) is 30.2 Å². The summed E-state index contributed by atoms with van der Waals surface area (Å²) >= 11 is 0. The summed E-state index contributed by atoms with van der Waals surface area (Å²) in [6.45, 7) is 4.19. The van der Waals surface area contributed by atoms with E-state index in [4.69, 9.17) is 9.47 Å². The van der Waals surface area contributed by atoms with Gasteiger partial charge in [0.25, 0.3) is 0 Å². The van der Waals surface area contributed by atoms with E-state index in [1.165, 1.54) is 25.3 Å². The van der Waals surface area contributed by atoms with Gasteiger partial charge in [0.05, 0.1) is 24.9 Å². The van der Waals surface area contributed by atoms with Gasteiger partial charge in [-0.25, -0.2) is 4.79 Å². The quantitative estimate of drug-likeness (QED) is 0.207. The van der Waals surface area contributed by atoms with Crippen molar-refractivity contribution in [3.8, 4) is 28.8 Å². The molecule has 1 aliphatic carbocycles. The standard InChI is InChI=1S/C29H29F3N4O5/c1-16-6-4-9-19(12-16)23-14-22-25(26(33-17(2)18-7-5-8-18)35-27(34-22)40-28(37)38)36(23)15-20-10-11-21(13-24(20)39-3)41-29(30,31)32/h4,6,9-14,17-18H,5,7-8,15H2,1-3H3,(H,37,38)(H,33,34,35)/t17-/m1/s1. The maximum atomic E-state index is 12.8. The summed E-state index contributed by atoms with van der Waals surface area (Å²) in [7, 11) is 1.37. The number of fused-ring (bicyclic) bond motifs is 1. The van der Waals surface area contributed by atoms with Gasteiger partial charge < -0.3 is 29.2 Å². The summed E-state index contributed by atoms with van der Waals surface area (Å²) in [6.07, 6.45) is -3.09. The van der Waals surface area contributed by atoms with Crippen LogP contribution in [-0.2, 0) is 6.54 Å². The Kier molecular flexibility index (Phi) is 7.65. The van der Waals surface area contributed by atoms with Gasteiger partial charge in [0.15, 0.2) is 5.82 Å². The number of benzene rings is 2. The molecule has 1 aliphatic rings. The lowest BCUT2D eigenvalue weighted by Gasteiger charge is -2.32. The molecule has 0 aliphatic heterocycles. The third kappa shape index (κ3) is 6.31. The Labute approximate surface area is 233 Å². The van der Waals surface area contributed by atoms with E-state index in [-0.39, 0.29) is 24.3 Å². The van der Waals surface area contributed by atoms with Gasteiger partial charge in [0, 0.05) is 17.7 Å². The molecule has 9 nitrogen and oxygen atoms in total. The van der Waals surface area contributed by atoms with E-state index in [2.05, 4.69) is 20.0 Å². The lowest BCUT2D eigenvalue weighted by atomic mass is 9.80. The molecule has 2 aromatic heterocycles. The molecule has 0 radical (unpaired) electrons. The van der Waals surface area contributed by atoms with Crippen LogP contribution in [0, 0.1) is 12.8 Å². The molecule has 0 bridgehead atoms. The number of aromatic nitrogens is 3. The number of nitrogens with zero attached hydrogens (tertiary/aromatic N) is 3. The second kappa shape index (κ2) is 11.2. The number of methoxy groups -OCH3 is 1. The van der Waals surface area contributed by atoms with Gasteiger partial charge in [0.2, 0.25) is 0 Å². The number of carboxylic acid groups (broad SMARTS) is 1. The molecule has 2 aromatic carbocycles. The van der Waals surface area contributed by atoms with E-state index in [1.807, 2.05) is 48.7 Å². The van der Waals surface area contributed by atoms with Crippen LogP contribution in [0.2, 0.25) is 0 Å². The zero-order valence-corrected chi connectivity index (χ0v) is 22.7. The molecule has 2 N–H and O–H groups in total. The van der Waals surface area contributed by atoms with E-state index in [1.54, 1.807) is 0 Å². The molecule has 0 unspecified atom stereocenters. The molecular weight excluding hydrogens is 541 g/mol. The highest BCUT2D eigenvalue weighted by Crippen LogP contribution is 2.37. The molecular formula is C29H29F3N4O5. The zero-order valence-electron chi connectivity index (χ0n) is 22.7. The number of carbonyl (C=O) groups is 1. The van der Waals surface area contributed by atoms with Crippen molar-refractivity contribution in [2.45, 2.75) is 52.1 Å². The van der Waals surface area contributed by atoms with Gasteiger partial charge in [-0.05, 0) is 62.4 Å². The number of rotatable bonds is 9. The molecule has 1 saturated carbocycles. The fourth-order valence-corrected chi connectivity index (χ4v) is 5.07. The van der Waals surface area contributed by atoms with E-state index < -0.39 is 18.3 Å². The lowest BCUT2D eigenvalue weighted by molar-refractivity contribution is -0.274. The fraction of sp³-hybridized carbons (Fsp3) is 0.345. The number of anilines is 1. The number of halogens is 3. The molecule has 0 spiro atoms. The summed E-state index contributed by atoms with van der Waals surface area (Å²) in [6, 6.07) is 13.3. The number of alkyl halides is 3. The van der Waals surface area contributed by atoms with Gasteiger partial charge in [-0.3, -0.25) is 0 Å². The largest absolute Gasteiger partial charge is 0.573 e. The van der Waals surface area contributed by atoms with Crippen LogP contribution in [0.1, 0.15) is 37.3 Å². The highest BCUT2D eigenvalue weighted by atomic mass is 19.4. The molecule has 5 rings (SSSR count). The topological polar surface area (TPSA) is 108 Å². The summed E-state index contributed by atoms with van der Waals surface area (Å²) < 4.78 is 54.8. The fourth-order valence-electron chi connectivity index (χ4n) is 5.07. The van der Waals surface area contributed by atoms with E-state index in [9.17, 15) is 23.1 Å². The second-order valence-electron chi connectivity index (χ2n) is 10.1. The highest BCUT2D eigenvalue weighted by Gasteiger charge is 2.32. The van der Waals surface area contributed by atoms with Crippen molar-refractivity contribution < 1.29 is 37.3 Å². The van der Waals surface area contributed by atoms with Crippen LogP contribution >= 0.6 is 0 Å². The second-order valence-corrected chi connectivity index (χ2v) is 10.1. The number of hydrogen-bond acceptors (Lipinski definition) is 7. The monoisotopic (exact) mass is 570 g/mol. The van der Waals surface area contributed by atoms with Crippen LogP contribution in [0.25, 0.3) is 22.3 Å². The minimum absolute atomic E-state index is 0.0404. The van der Waals surface area contributed by atoms with Gasteiger partial charge in [0.1, 0.15) is 17.0 Å². The lowest BCUT2D eigenvalue weighted by Crippen LogP contribution is -2.31. The number of ether oxygens (including phenoxy) is 3. The van der Waals surface area contributed by atoms with Gasteiger partial charge in [-0.2, -0.15) is 9.97 Å². The SMILES string of the molecule is COc1cc(OC(F)(F)F)ccc1Cn1c(-c2cccc(C)c2)cc2nc(OC(=O)O)nc(N[C@H](C)C3CCC3)c21. The van der Waals surface area contributed by atoms with Crippen LogP contribution in [-0.4, -0.2) is 45.3 Å². The normalized spacial score (nSPS) is 14.4. The maximum Gasteiger partial charge on any atom is 0.573 e. The Balaban J connectivity index is 1.68. The van der Waals surface area contributed by atoms with Crippen molar-refractivity contribution in [2.24, 2.45) is 5.92 Å². The molecule has 2 heterocycles. The number of aryl methyl sites for hydroxylation is 1. The third-order valence-corrected chi connectivity index (χ3v) is 7.26. The minimum atomic E-state index is -4.84. The predicted molar refractivity (Wildman–Crippen MR) is 146 cm³/mol. The Morgan fingerprint density at radius 1 is 1.17 bits per heavy atom. The Morgan fingerprint density at radius 2 is 1.95 bits per heavy atom. The molecule has 4 aromatic rings. The highest BCUT2D eigenvalue weighted by molar-refractivity contribution is 5.92. The van der Waals surface area contributed by atoms with E-state index >= 15 is 0 Å². The van der Waals surface area contributed by atoms with Crippen LogP contribution < -0.4 is 19.5 Å². The Bertz CT molecular complexity index is 1580.